The van der Waals surface area contributed by atoms with Gasteiger partial charge in [-0.1, -0.05) is 6.92 Å². The molecular weight excluding hydrogens is 272 g/mol. The Bertz CT molecular complexity index is 432. The van der Waals surface area contributed by atoms with Crippen molar-refractivity contribution in [2.45, 2.75) is 25.8 Å². The van der Waals surface area contributed by atoms with Crippen LogP contribution < -0.4 is 0 Å². The summed E-state index contributed by atoms with van der Waals surface area (Å²) in [7, 11) is -3.58. The van der Waals surface area contributed by atoms with E-state index in [0.29, 0.717) is 13.1 Å². The Labute approximate surface area is 113 Å². The third kappa shape index (κ3) is 2.76. The molecule has 2 unspecified atom stereocenters. The predicted octanol–water partition coefficient (Wildman–Crippen LogP) is -0.251. The van der Waals surface area contributed by atoms with Crippen molar-refractivity contribution in [1.82, 2.24) is 8.61 Å². The molecule has 0 aromatic rings. The van der Waals surface area contributed by atoms with E-state index in [1.165, 1.54) is 8.61 Å². The maximum Gasteiger partial charge on any atom is 0.310 e. The maximum absolute atomic E-state index is 12.5. The van der Waals surface area contributed by atoms with Crippen LogP contribution in [0.5, 0.6) is 0 Å². The van der Waals surface area contributed by atoms with Crippen LogP contribution in [-0.2, 0) is 19.7 Å². The normalized spacial score (nSPS) is 29.2. The lowest BCUT2D eigenvalue weighted by atomic mass is 10.0. The van der Waals surface area contributed by atoms with E-state index in [0.717, 1.165) is 12.8 Å². The van der Waals surface area contributed by atoms with Gasteiger partial charge in [-0.15, -0.1) is 0 Å². The van der Waals surface area contributed by atoms with E-state index in [-0.39, 0.29) is 19.8 Å². The van der Waals surface area contributed by atoms with Crippen molar-refractivity contribution in [3.63, 3.8) is 0 Å². The maximum atomic E-state index is 12.5. The fourth-order valence-corrected chi connectivity index (χ4v) is 4.59. The molecule has 2 aliphatic rings. The Hall–Kier alpha value is -0.700. The molecule has 2 heterocycles. The van der Waals surface area contributed by atoms with Gasteiger partial charge >= 0.3 is 5.97 Å². The largest absolute Gasteiger partial charge is 0.481 e. The van der Waals surface area contributed by atoms with E-state index in [1.54, 1.807) is 6.92 Å². The molecule has 0 bridgehead atoms. The van der Waals surface area contributed by atoms with Crippen LogP contribution in [-0.4, -0.2) is 67.0 Å². The SMILES string of the molecule is CCN(C1COCC1C(=O)O)S(=O)(=O)N1CCCC1. The summed E-state index contributed by atoms with van der Waals surface area (Å²) >= 11 is 0. The lowest BCUT2D eigenvalue weighted by Crippen LogP contribution is -2.51. The fourth-order valence-electron chi connectivity index (χ4n) is 2.70. The summed E-state index contributed by atoms with van der Waals surface area (Å²) in [6.07, 6.45) is 1.72. The zero-order valence-corrected chi connectivity index (χ0v) is 11.8. The fraction of sp³-hybridized carbons (Fsp3) is 0.909. The number of hydrogen-bond donors (Lipinski definition) is 1. The first-order valence-electron chi connectivity index (χ1n) is 6.56. The zero-order chi connectivity index (χ0) is 14.0. The Morgan fingerprint density at radius 3 is 2.53 bits per heavy atom. The molecule has 2 fully saturated rings. The Balaban J connectivity index is 2.21. The van der Waals surface area contributed by atoms with E-state index in [9.17, 15) is 13.2 Å². The molecular formula is C11H20N2O5S. The van der Waals surface area contributed by atoms with E-state index in [2.05, 4.69) is 0 Å². The summed E-state index contributed by atoms with van der Waals surface area (Å²) in [5.74, 6) is -1.78. The number of likely N-dealkylation sites (N-methyl/N-ethyl adjacent to an activating group) is 1. The van der Waals surface area contributed by atoms with Gasteiger partial charge in [0.05, 0.1) is 25.2 Å². The van der Waals surface area contributed by atoms with Gasteiger partial charge in [0.25, 0.3) is 10.2 Å². The molecule has 0 amide bonds. The standard InChI is InChI=1S/C11H20N2O5S/c1-2-13(10-8-18-7-9(10)11(14)15)19(16,17)12-5-3-4-6-12/h9-10H,2-8H2,1H3,(H,14,15). The van der Waals surface area contributed by atoms with E-state index >= 15 is 0 Å². The van der Waals surface area contributed by atoms with Crippen LogP contribution in [0.2, 0.25) is 0 Å². The van der Waals surface area contributed by atoms with Gasteiger partial charge in [0.1, 0.15) is 0 Å². The molecule has 2 aliphatic heterocycles. The van der Waals surface area contributed by atoms with Crippen molar-refractivity contribution < 1.29 is 23.1 Å². The number of nitrogens with zero attached hydrogens (tertiary/aromatic N) is 2. The lowest BCUT2D eigenvalue weighted by molar-refractivity contribution is -0.142. The first-order valence-corrected chi connectivity index (χ1v) is 7.95. The quantitative estimate of drug-likeness (QED) is 0.755. The summed E-state index contributed by atoms with van der Waals surface area (Å²) in [6, 6.07) is -0.604. The number of ether oxygens (including phenoxy) is 1. The molecule has 0 spiro atoms. The average molecular weight is 292 g/mol. The molecule has 0 radical (unpaired) electrons. The third-order valence-electron chi connectivity index (χ3n) is 3.74. The zero-order valence-electron chi connectivity index (χ0n) is 11.0. The van der Waals surface area contributed by atoms with Crippen molar-refractivity contribution in [1.29, 1.82) is 0 Å². The van der Waals surface area contributed by atoms with Gasteiger partial charge in [-0.25, -0.2) is 0 Å². The Morgan fingerprint density at radius 1 is 1.37 bits per heavy atom. The van der Waals surface area contributed by atoms with Gasteiger partial charge in [0.2, 0.25) is 0 Å². The topological polar surface area (TPSA) is 87.1 Å². The summed E-state index contributed by atoms with van der Waals surface area (Å²) < 4.78 is 32.9. The monoisotopic (exact) mass is 292 g/mol. The molecule has 0 aliphatic carbocycles. The van der Waals surface area contributed by atoms with Crippen molar-refractivity contribution >= 4 is 16.2 Å². The summed E-state index contributed by atoms with van der Waals surface area (Å²) in [5.41, 5.74) is 0. The second kappa shape index (κ2) is 5.74. The van der Waals surface area contributed by atoms with Gasteiger partial charge in [-0.05, 0) is 12.8 Å². The molecule has 0 aromatic heterocycles. The lowest BCUT2D eigenvalue weighted by Gasteiger charge is -2.31. The minimum absolute atomic E-state index is 0.0754. The number of carboxylic acid groups (broad SMARTS) is 1. The molecule has 7 nitrogen and oxygen atoms in total. The Kier molecular flexibility index (Phi) is 4.44. The average Bonchev–Trinajstić information content (AvgIpc) is 3.00. The second-order valence-corrected chi connectivity index (χ2v) is 6.75. The number of carbonyl (C=O) groups is 1. The summed E-state index contributed by atoms with van der Waals surface area (Å²) in [6.45, 7) is 3.25. The summed E-state index contributed by atoms with van der Waals surface area (Å²) in [4.78, 5) is 11.2. The minimum Gasteiger partial charge on any atom is -0.481 e. The van der Waals surface area contributed by atoms with Crippen LogP contribution >= 0.6 is 0 Å². The molecule has 19 heavy (non-hydrogen) atoms. The van der Waals surface area contributed by atoms with Crippen LogP contribution in [0.4, 0.5) is 0 Å². The number of hydrogen-bond acceptors (Lipinski definition) is 4. The van der Waals surface area contributed by atoms with E-state index in [4.69, 9.17) is 9.84 Å². The van der Waals surface area contributed by atoms with Crippen molar-refractivity contribution in [3.8, 4) is 0 Å². The summed E-state index contributed by atoms with van der Waals surface area (Å²) in [5, 5.41) is 9.14. The van der Waals surface area contributed by atoms with Gasteiger partial charge in [0.15, 0.2) is 0 Å². The molecule has 2 rings (SSSR count). The van der Waals surface area contributed by atoms with Crippen molar-refractivity contribution in [2.75, 3.05) is 32.8 Å². The van der Waals surface area contributed by atoms with E-state index < -0.39 is 28.1 Å². The van der Waals surface area contributed by atoms with E-state index in [1.807, 2.05) is 0 Å². The number of rotatable bonds is 5. The van der Waals surface area contributed by atoms with Crippen LogP contribution in [0.15, 0.2) is 0 Å². The van der Waals surface area contributed by atoms with Crippen molar-refractivity contribution in [3.05, 3.63) is 0 Å². The van der Waals surface area contributed by atoms with Gasteiger partial charge in [0, 0.05) is 19.6 Å². The highest BCUT2D eigenvalue weighted by Gasteiger charge is 2.44. The second-order valence-electron chi connectivity index (χ2n) is 4.87. The minimum atomic E-state index is -3.58. The Morgan fingerprint density at radius 2 is 2.00 bits per heavy atom. The molecule has 8 heteroatoms. The highest BCUT2D eigenvalue weighted by Crippen LogP contribution is 2.25. The smallest absolute Gasteiger partial charge is 0.310 e. The number of carboxylic acids is 1. The predicted molar refractivity (Wildman–Crippen MR) is 67.8 cm³/mol. The highest BCUT2D eigenvalue weighted by atomic mass is 32.2. The van der Waals surface area contributed by atoms with Gasteiger partial charge in [-0.2, -0.15) is 17.0 Å². The highest BCUT2D eigenvalue weighted by molar-refractivity contribution is 7.86. The van der Waals surface area contributed by atoms with Crippen LogP contribution in [0.3, 0.4) is 0 Å². The van der Waals surface area contributed by atoms with Gasteiger partial charge < -0.3 is 9.84 Å². The molecule has 2 atom stereocenters. The molecule has 110 valence electrons. The molecule has 2 saturated heterocycles. The first-order chi connectivity index (χ1) is 8.98. The van der Waals surface area contributed by atoms with Gasteiger partial charge in [-0.3, -0.25) is 4.79 Å². The molecule has 1 N–H and O–H groups in total. The van der Waals surface area contributed by atoms with Crippen LogP contribution in [0.1, 0.15) is 19.8 Å². The van der Waals surface area contributed by atoms with Crippen molar-refractivity contribution in [2.24, 2.45) is 5.92 Å². The molecule has 0 saturated carbocycles. The molecule has 0 aromatic carbocycles. The first kappa shape index (κ1) is 14.7. The third-order valence-corrected chi connectivity index (χ3v) is 5.88. The van der Waals surface area contributed by atoms with Crippen LogP contribution in [0, 0.1) is 5.92 Å². The van der Waals surface area contributed by atoms with Crippen LogP contribution in [0.25, 0.3) is 0 Å². The number of aliphatic carboxylic acids is 1.